The maximum absolute atomic E-state index is 11.5. The van der Waals surface area contributed by atoms with Gasteiger partial charge in [0.1, 0.15) is 5.78 Å². The largest absolute Gasteiger partial charge is 0.361 e. The summed E-state index contributed by atoms with van der Waals surface area (Å²) < 4.78 is 0. The Morgan fingerprint density at radius 1 is 1.35 bits per heavy atom. The second-order valence-electron chi connectivity index (χ2n) is 4.77. The van der Waals surface area contributed by atoms with E-state index in [2.05, 4.69) is 4.98 Å². The molecule has 1 atom stereocenters. The van der Waals surface area contributed by atoms with Crippen molar-refractivity contribution in [3.63, 3.8) is 0 Å². The Balaban J connectivity index is 2.04. The first kappa shape index (κ1) is 10.8. The van der Waals surface area contributed by atoms with E-state index in [9.17, 15) is 4.79 Å². The standard InChI is InChI=1S/C14H14ClNO/c15-10-4-5-14-12(7-10)13(8-16-14)9-2-1-3-11(17)6-9/h4-5,7-9,16H,1-3,6H2. The fourth-order valence-corrected chi connectivity index (χ4v) is 2.91. The third-order valence-electron chi connectivity index (χ3n) is 3.60. The third kappa shape index (κ3) is 1.98. The molecule has 3 heteroatoms. The summed E-state index contributed by atoms with van der Waals surface area (Å²) in [5, 5.41) is 1.91. The number of ketones is 1. The van der Waals surface area contributed by atoms with Crippen LogP contribution in [0.3, 0.4) is 0 Å². The van der Waals surface area contributed by atoms with Crippen LogP contribution in [0.2, 0.25) is 5.02 Å². The summed E-state index contributed by atoms with van der Waals surface area (Å²) in [7, 11) is 0. The lowest BCUT2D eigenvalue weighted by atomic mass is 9.83. The molecule has 1 saturated carbocycles. The zero-order valence-electron chi connectivity index (χ0n) is 9.50. The maximum Gasteiger partial charge on any atom is 0.133 e. The summed E-state index contributed by atoms with van der Waals surface area (Å²) >= 11 is 6.03. The number of carbonyl (C=O) groups excluding carboxylic acids is 1. The average Bonchev–Trinajstić information content (AvgIpc) is 2.71. The van der Waals surface area contributed by atoms with E-state index in [0.717, 1.165) is 35.2 Å². The van der Waals surface area contributed by atoms with Gasteiger partial charge in [-0.3, -0.25) is 4.79 Å². The zero-order chi connectivity index (χ0) is 11.8. The van der Waals surface area contributed by atoms with Crippen LogP contribution in [0.25, 0.3) is 10.9 Å². The van der Waals surface area contributed by atoms with Crippen molar-refractivity contribution in [2.75, 3.05) is 0 Å². The van der Waals surface area contributed by atoms with Gasteiger partial charge < -0.3 is 4.98 Å². The Kier molecular flexibility index (Phi) is 2.67. The van der Waals surface area contributed by atoms with E-state index in [1.165, 1.54) is 5.56 Å². The molecule has 1 N–H and O–H groups in total. The summed E-state index contributed by atoms with van der Waals surface area (Å²) in [5.74, 6) is 0.751. The number of nitrogens with one attached hydrogen (secondary N) is 1. The van der Waals surface area contributed by atoms with Crippen LogP contribution in [0.15, 0.2) is 24.4 Å². The summed E-state index contributed by atoms with van der Waals surface area (Å²) in [6, 6.07) is 5.86. The van der Waals surface area contributed by atoms with E-state index in [4.69, 9.17) is 11.6 Å². The van der Waals surface area contributed by atoms with Crippen molar-refractivity contribution in [1.29, 1.82) is 0 Å². The second-order valence-corrected chi connectivity index (χ2v) is 5.20. The van der Waals surface area contributed by atoms with E-state index >= 15 is 0 Å². The second kappa shape index (κ2) is 4.19. The van der Waals surface area contributed by atoms with Crippen molar-refractivity contribution in [3.8, 4) is 0 Å². The van der Waals surface area contributed by atoms with Crippen LogP contribution < -0.4 is 0 Å². The van der Waals surface area contributed by atoms with Crippen LogP contribution in [-0.2, 0) is 4.79 Å². The van der Waals surface area contributed by atoms with Gasteiger partial charge in [-0.2, -0.15) is 0 Å². The normalized spacial score (nSPS) is 21.0. The van der Waals surface area contributed by atoms with E-state index in [0.29, 0.717) is 18.1 Å². The minimum Gasteiger partial charge on any atom is -0.361 e. The van der Waals surface area contributed by atoms with Crippen LogP contribution in [0.4, 0.5) is 0 Å². The SMILES string of the molecule is O=C1CCCC(c2c[nH]c3ccc(Cl)cc23)C1. The van der Waals surface area contributed by atoms with Crippen LogP contribution in [0, 0.1) is 0 Å². The Bertz CT molecular complexity index is 573. The molecule has 17 heavy (non-hydrogen) atoms. The molecular formula is C14H14ClNO. The van der Waals surface area contributed by atoms with Gasteiger partial charge in [-0.05, 0) is 42.5 Å². The molecule has 2 nitrogen and oxygen atoms in total. The van der Waals surface area contributed by atoms with Gasteiger partial charge in [-0.1, -0.05) is 11.6 Å². The van der Waals surface area contributed by atoms with Crippen LogP contribution in [0.5, 0.6) is 0 Å². The minimum atomic E-state index is 0.364. The smallest absolute Gasteiger partial charge is 0.133 e. The first-order chi connectivity index (χ1) is 8.24. The van der Waals surface area contributed by atoms with E-state index in [1.54, 1.807) is 0 Å². The number of aromatic nitrogens is 1. The fraction of sp³-hybridized carbons (Fsp3) is 0.357. The van der Waals surface area contributed by atoms with Crippen LogP contribution in [0.1, 0.15) is 37.2 Å². The average molecular weight is 248 g/mol. The minimum absolute atomic E-state index is 0.364. The van der Waals surface area contributed by atoms with E-state index < -0.39 is 0 Å². The topological polar surface area (TPSA) is 32.9 Å². The molecule has 0 radical (unpaired) electrons. The summed E-state index contributed by atoms with van der Waals surface area (Å²) in [6.45, 7) is 0. The van der Waals surface area contributed by atoms with Crippen molar-refractivity contribution >= 4 is 28.3 Å². The molecule has 1 aliphatic rings. The van der Waals surface area contributed by atoms with Gasteiger partial charge in [-0.15, -0.1) is 0 Å². The highest BCUT2D eigenvalue weighted by Gasteiger charge is 2.23. The Hall–Kier alpha value is -1.28. The molecule has 0 spiro atoms. The molecule has 2 aromatic rings. The molecule has 0 amide bonds. The molecule has 1 fully saturated rings. The highest BCUT2D eigenvalue weighted by atomic mass is 35.5. The predicted octanol–water partition coefficient (Wildman–Crippen LogP) is 4.05. The fourth-order valence-electron chi connectivity index (χ4n) is 2.74. The number of hydrogen-bond donors (Lipinski definition) is 1. The van der Waals surface area contributed by atoms with Gasteiger partial charge in [0, 0.05) is 35.0 Å². The van der Waals surface area contributed by atoms with Gasteiger partial charge in [0.2, 0.25) is 0 Å². The first-order valence-electron chi connectivity index (χ1n) is 6.02. The molecule has 0 aliphatic heterocycles. The Labute approximate surface area is 105 Å². The zero-order valence-corrected chi connectivity index (χ0v) is 10.3. The quantitative estimate of drug-likeness (QED) is 0.810. The number of hydrogen-bond acceptors (Lipinski definition) is 1. The number of Topliss-reactive ketones (excluding diaryl/α,β-unsaturated/α-hetero) is 1. The number of benzene rings is 1. The molecular weight excluding hydrogens is 234 g/mol. The van der Waals surface area contributed by atoms with E-state index in [-0.39, 0.29) is 0 Å². The summed E-state index contributed by atoms with van der Waals surface area (Å²) in [4.78, 5) is 14.8. The van der Waals surface area contributed by atoms with Gasteiger partial charge in [0.25, 0.3) is 0 Å². The molecule has 1 aliphatic carbocycles. The highest BCUT2D eigenvalue weighted by Crippen LogP contribution is 2.35. The highest BCUT2D eigenvalue weighted by molar-refractivity contribution is 6.31. The van der Waals surface area contributed by atoms with Gasteiger partial charge in [0.15, 0.2) is 0 Å². The van der Waals surface area contributed by atoms with Gasteiger partial charge in [-0.25, -0.2) is 0 Å². The number of H-pyrrole nitrogens is 1. The number of aromatic amines is 1. The third-order valence-corrected chi connectivity index (χ3v) is 3.83. The number of rotatable bonds is 1. The molecule has 1 unspecified atom stereocenters. The molecule has 88 valence electrons. The number of carbonyl (C=O) groups is 1. The molecule has 1 aromatic heterocycles. The Morgan fingerprint density at radius 2 is 2.24 bits per heavy atom. The lowest BCUT2D eigenvalue weighted by Gasteiger charge is -2.20. The maximum atomic E-state index is 11.5. The molecule has 1 heterocycles. The molecule has 0 saturated heterocycles. The van der Waals surface area contributed by atoms with Crippen molar-refractivity contribution < 1.29 is 4.79 Å². The monoisotopic (exact) mass is 247 g/mol. The van der Waals surface area contributed by atoms with Crippen molar-refractivity contribution in [1.82, 2.24) is 4.98 Å². The summed E-state index contributed by atoms with van der Waals surface area (Å²) in [5.41, 5.74) is 2.35. The van der Waals surface area contributed by atoms with Crippen molar-refractivity contribution in [3.05, 3.63) is 35.0 Å². The van der Waals surface area contributed by atoms with Crippen molar-refractivity contribution in [2.24, 2.45) is 0 Å². The lowest BCUT2D eigenvalue weighted by molar-refractivity contribution is -0.120. The van der Waals surface area contributed by atoms with Crippen molar-refractivity contribution in [2.45, 2.75) is 31.6 Å². The number of halogens is 1. The Morgan fingerprint density at radius 3 is 3.06 bits per heavy atom. The predicted molar refractivity (Wildman–Crippen MR) is 69.5 cm³/mol. The molecule has 1 aromatic carbocycles. The molecule has 3 rings (SSSR count). The first-order valence-corrected chi connectivity index (χ1v) is 6.40. The van der Waals surface area contributed by atoms with Gasteiger partial charge >= 0.3 is 0 Å². The lowest BCUT2D eigenvalue weighted by Crippen LogP contribution is -2.12. The van der Waals surface area contributed by atoms with Gasteiger partial charge in [0.05, 0.1) is 0 Å². The number of fused-ring (bicyclic) bond motifs is 1. The van der Waals surface area contributed by atoms with Crippen LogP contribution >= 0.6 is 11.6 Å². The molecule has 0 bridgehead atoms. The summed E-state index contributed by atoms with van der Waals surface area (Å²) in [6.07, 6.45) is 5.57. The van der Waals surface area contributed by atoms with E-state index in [1.807, 2.05) is 24.4 Å². The van der Waals surface area contributed by atoms with Crippen LogP contribution in [-0.4, -0.2) is 10.8 Å².